The van der Waals surface area contributed by atoms with Crippen molar-refractivity contribution in [1.29, 1.82) is 0 Å². The first kappa shape index (κ1) is 12.5. The van der Waals surface area contributed by atoms with Crippen LogP contribution in [-0.4, -0.2) is 4.98 Å². The van der Waals surface area contributed by atoms with Crippen LogP contribution in [-0.2, 0) is 0 Å². The van der Waals surface area contributed by atoms with Crippen LogP contribution >= 0.6 is 0 Å². The number of benzene rings is 2. The molecule has 0 saturated carbocycles. The van der Waals surface area contributed by atoms with Crippen LogP contribution in [0.1, 0.15) is 11.3 Å². The molecule has 3 aromatic rings. The Morgan fingerprint density at radius 1 is 0.950 bits per heavy atom. The summed E-state index contributed by atoms with van der Waals surface area (Å²) in [6.45, 7) is 3.74. The Labute approximate surface area is 116 Å². The highest BCUT2D eigenvalue weighted by molar-refractivity contribution is 5.81. The molecule has 1 heterocycles. The topological polar surface area (TPSA) is 42.1 Å². The lowest BCUT2D eigenvalue weighted by atomic mass is 10.1. The maximum Gasteiger partial charge on any atom is 0.192 e. The van der Waals surface area contributed by atoms with E-state index < -0.39 is 0 Å². The third-order valence-electron chi connectivity index (χ3n) is 3.44. The van der Waals surface area contributed by atoms with Crippen LogP contribution in [0.3, 0.4) is 0 Å². The lowest BCUT2D eigenvalue weighted by Gasteiger charge is -2.08. The van der Waals surface area contributed by atoms with Crippen molar-refractivity contribution in [3.05, 3.63) is 70.0 Å². The second kappa shape index (κ2) is 4.85. The van der Waals surface area contributed by atoms with Gasteiger partial charge in [0.1, 0.15) is 11.5 Å². The zero-order valence-corrected chi connectivity index (χ0v) is 11.4. The largest absolute Gasteiger partial charge is 0.457 e. The lowest BCUT2D eigenvalue weighted by molar-refractivity contribution is 0.483. The number of nitrogens with one attached hydrogen (secondary N) is 1. The first-order valence-electron chi connectivity index (χ1n) is 6.51. The van der Waals surface area contributed by atoms with Crippen LogP contribution in [0.25, 0.3) is 10.9 Å². The number of aromatic nitrogens is 1. The fraction of sp³-hybridized carbons (Fsp3) is 0.118. The maximum atomic E-state index is 12.3. The summed E-state index contributed by atoms with van der Waals surface area (Å²) in [6, 6.07) is 15.1. The van der Waals surface area contributed by atoms with Gasteiger partial charge in [0.2, 0.25) is 0 Å². The monoisotopic (exact) mass is 265 g/mol. The van der Waals surface area contributed by atoms with E-state index >= 15 is 0 Å². The highest BCUT2D eigenvalue weighted by Gasteiger charge is 2.07. The smallest absolute Gasteiger partial charge is 0.192 e. The molecular formula is C17H15NO2. The lowest BCUT2D eigenvalue weighted by Crippen LogP contribution is -2.09. The van der Waals surface area contributed by atoms with Gasteiger partial charge in [-0.3, -0.25) is 4.79 Å². The Morgan fingerprint density at radius 2 is 1.70 bits per heavy atom. The molecule has 0 bridgehead atoms. The van der Waals surface area contributed by atoms with Crippen molar-refractivity contribution >= 4 is 10.9 Å². The minimum Gasteiger partial charge on any atom is -0.457 e. The molecule has 0 aliphatic carbocycles. The predicted molar refractivity (Wildman–Crippen MR) is 80.6 cm³/mol. The second-order valence-corrected chi connectivity index (χ2v) is 4.83. The average Bonchev–Trinajstić information content (AvgIpc) is 2.47. The summed E-state index contributed by atoms with van der Waals surface area (Å²) in [5, 5.41) is 0.654. The molecule has 3 heteroatoms. The molecule has 2 aromatic carbocycles. The third-order valence-corrected chi connectivity index (χ3v) is 3.44. The molecule has 3 rings (SSSR count). The molecule has 0 amide bonds. The summed E-state index contributed by atoms with van der Waals surface area (Å²) in [4.78, 5) is 15.5. The molecule has 0 aliphatic heterocycles. The van der Waals surface area contributed by atoms with Gasteiger partial charge < -0.3 is 9.72 Å². The van der Waals surface area contributed by atoms with Gasteiger partial charge in [0.25, 0.3) is 0 Å². The summed E-state index contributed by atoms with van der Waals surface area (Å²) < 4.78 is 5.76. The molecular weight excluding hydrogens is 250 g/mol. The minimum atomic E-state index is 0.0507. The Hall–Kier alpha value is -2.55. The molecule has 3 nitrogen and oxygen atoms in total. The molecule has 1 N–H and O–H groups in total. The van der Waals surface area contributed by atoms with Crippen LogP contribution in [0.4, 0.5) is 0 Å². The maximum absolute atomic E-state index is 12.3. The van der Waals surface area contributed by atoms with Crippen molar-refractivity contribution in [3.8, 4) is 11.5 Å². The van der Waals surface area contributed by atoms with Gasteiger partial charge in [-0.2, -0.15) is 0 Å². The van der Waals surface area contributed by atoms with E-state index in [0.29, 0.717) is 11.1 Å². The van der Waals surface area contributed by atoms with Crippen LogP contribution in [0.2, 0.25) is 0 Å². The third kappa shape index (κ3) is 2.18. The van der Waals surface area contributed by atoms with Crippen molar-refractivity contribution in [2.75, 3.05) is 0 Å². The van der Waals surface area contributed by atoms with Crippen LogP contribution in [0.5, 0.6) is 11.5 Å². The second-order valence-electron chi connectivity index (χ2n) is 4.83. The zero-order chi connectivity index (χ0) is 14.1. The summed E-state index contributed by atoms with van der Waals surface area (Å²) in [7, 11) is 0. The number of pyridine rings is 1. The molecule has 1 aromatic heterocycles. The fourth-order valence-electron chi connectivity index (χ4n) is 2.18. The van der Waals surface area contributed by atoms with E-state index in [1.165, 1.54) is 0 Å². The number of para-hydroxylation sites is 1. The van der Waals surface area contributed by atoms with E-state index in [4.69, 9.17) is 4.74 Å². The number of hydrogen-bond acceptors (Lipinski definition) is 2. The Balaban J connectivity index is 2.09. The van der Waals surface area contributed by atoms with Gasteiger partial charge >= 0.3 is 0 Å². The number of aromatic amines is 1. The highest BCUT2D eigenvalue weighted by Crippen LogP contribution is 2.23. The van der Waals surface area contributed by atoms with E-state index in [1.54, 1.807) is 6.07 Å². The van der Waals surface area contributed by atoms with Crippen molar-refractivity contribution in [2.24, 2.45) is 0 Å². The number of aryl methyl sites for hydroxylation is 1. The standard InChI is InChI=1S/C17H15NO2/c1-11-12(2)18-16-9-8-14(10-15(16)17(11)19)20-13-6-4-3-5-7-13/h3-10H,1-2H3,(H,18,19). The summed E-state index contributed by atoms with van der Waals surface area (Å²) >= 11 is 0. The molecule has 0 saturated heterocycles. The van der Waals surface area contributed by atoms with E-state index in [-0.39, 0.29) is 5.43 Å². The van der Waals surface area contributed by atoms with Gasteiger partial charge in [0.15, 0.2) is 5.43 Å². The molecule has 0 aliphatic rings. The van der Waals surface area contributed by atoms with Gasteiger partial charge in [-0.05, 0) is 44.2 Å². The number of ether oxygens (including phenoxy) is 1. The van der Waals surface area contributed by atoms with Crippen molar-refractivity contribution < 1.29 is 4.74 Å². The normalized spacial score (nSPS) is 10.7. The van der Waals surface area contributed by atoms with Crippen molar-refractivity contribution in [1.82, 2.24) is 4.98 Å². The summed E-state index contributed by atoms with van der Waals surface area (Å²) in [5.74, 6) is 1.42. The number of H-pyrrole nitrogens is 1. The van der Waals surface area contributed by atoms with E-state index in [1.807, 2.05) is 56.3 Å². The van der Waals surface area contributed by atoms with E-state index in [9.17, 15) is 4.79 Å². The summed E-state index contributed by atoms with van der Waals surface area (Å²) in [6.07, 6.45) is 0. The minimum absolute atomic E-state index is 0.0507. The molecule has 0 spiro atoms. The van der Waals surface area contributed by atoms with Gasteiger partial charge in [-0.1, -0.05) is 18.2 Å². The van der Waals surface area contributed by atoms with Gasteiger partial charge in [0.05, 0.1) is 0 Å². The van der Waals surface area contributed by atoms with E-state index in [0.717, 1.165) is 22.5 Å². The molecule has 0 unspecified atom stereocenters. The first-order valence-corrected chi connectivity index (χ1v) is 6.51. The van der Waals surface area contributed by atoms with E-state index in [2.05, 4.69) is 4.98 Å². The Kier molecular flexibility index (Phi) is 3.03. The molecule has 0 fully saturated rings. The SMILES string of the molecule is Cc1[nH]c2ccc(Oc3ccccc3)cc2c(=O)c1C. The zero-order valence-electron chi connectivity index (χ0n) is 11.4. The van der Waals surface area contributed by atoms with Gasteiger partial charge in [-0.25, -0.2) is 0 Å². The number of rotatable bonds is 2. The Morgan fingerprint density at radius 3 is 2.45 bits per heavy atom. The Bertz CT molecular complexity index is 820. The van der Waals surface area contributed by atoms with Crippen LogP contribution in [0, 0.1) is 13.8 Å². The molecule has 0 atom stereocenters. The van der Waals surface area contributed by atoms with Crippen LogP contribution in [0.15, 0.2) is 53.3 Å². The number of hydrogen-bond donors (Lipinski definition) is 1. The summed E-state index contributed by atoms with van der Waals surface area (Å²) in [5.41, 5.74) is 2.53. The van der Waals surface area contributed by atoms with Crippen molar-refractivity contribution in [3.63, 3.8) is 0 Å². The van der Waals surface area contributed by atoms with Crippen molar-refractivity contribution in [2.45, 2.75) is 13.8 Å². The highest BCUT2D eigenvalue weighted by atomic mass is 16.5. The van der Waals surface area contributed by atoms with Crippen LogP contribution < -0.4 is 10.2 Å². The molecule has 0 radical (unpaired) electrons. The first-order chi connectivity index (χ1) is 9.65. The predicted octanol–water partition coefficient (Wildman–Crippen LogP) is 3.94. The van der Waals surface area contributed by atoms with Gasteiger partial charge in [0, 0.05) is 22.2 Å². The van der Waals surface area contributed by atoms with Gasteiger partial charge in [-0.15, -0.1) is 0 Å². The average molecular weight is 265 g/mol. The number of fused-ring (bicyclic) bond motifs is 1. The molecule has 20 heavy (non-hydrogen) atoms. The molecule has 100 valence electrons. The quantitative estimate of drug-likeness (QED) is 0.762. The fourth-order valence-corrected chi connectivity index (χ4v) is 2.18.